The predicted octanol–water partition coefficient (Wildman–Crippen LogP) is 3.44. The number of aryl methyl sites for hydroxylation is 2. The summed E-state index contributed by atoms with van der Waals surface area (Å²) in [4.78, 5) is 9.23. The van der Waals surface area contributed by atoms with E-state index in [-0.39, 0.29) is 0 Å². The Morgan fingerprint density at radius 3 is 2.68 bits per heavy atom. The Morgan fingerprint density at radius 2 is 1.96 bits per heavy atom. The van der Waals surface area contributed by atoms with Crippen molar-refractivity contribution >= 4 is 21.5 Å². The van der Waals surface area contributed by atoms with Crippen molar-refractivity contribution in [1.82, 2.24) is 19.7 Å². The maximum Gasteiger partial charge on any atom is 0.175 e. The monoisotopic (exact) mass is 399 g/mol. The molecule has 7 nitrogen and oxygen atoms in total. The fourth-order valence-corrected chi connectivity index (χ4v) is 3.64. The van der Waals surface area contributed by atoms with Crippen molar-refractivity contribution in [3.8, 4) is 0 Å². The summed E-state index contributed by atoms with van der Waals surface area (Å²) in [7, 11) is -3.24. The van der Waals surface area contributed by atoms with Crippen molar-refractivity contribution in [3.63, 3.8) is 0 Å². The average molecular weight is 400 g/mol. The average Bonchev–Trinajstić information content (AvgIpc) is 2.90. The third-order valence-corrected chi connectivity index (χ3v) is 5.61. The van der Waals surface area contributed by atoms with Crippen LogP contribution in [0.15, 0.2) is 41.4 Å². The third kappa shape index (κ3) is 4.56. The molecule has 0 aliphatic rings. The molecule has 8 heteroatoms. The van der Waals surface area contributed by atoms with Gasteiger partial charge in [-0.25, -0.2) is 23.1 Å². The van der Waals surface area contributed by atoms with Crippen molar-refractivity contribution in [3.05, 3.63) is 59.2 Å². The quantitative estimate of drug-likeness (QED) is 0.655. The summed E-state index contributed by atoms with van der Waals surface area (Å²) in [6.45, 7) is 6.97. The first-order valence-electron chi connectivity index (χ1n) is 9.20. The fraction of sp³-hybridized carbons (Fsp3) is 0.350. The highest BCUT2D eigenvalue weighted by molar-refractivity contribution is 7.90. The SMILES string of the molecule is CCCn1nc(C)c(C)c1Nc1ccnc(Cc2cccc(S(C)(=O)=O)c2)n1. The first-order valence-corrected chi connectivity index (χ1v) is 11.1. The van der Waals surface area contributed by atoms with Crippen LogP contribution in [0.25, 0.3) is 0 Å². The molecule has 0 spiro atoms. The molecule has 0 aliphatic carbocycles. The standard InChI is InChI=1S/C20H25N5O2S/c1-5-11-25-20(14(2)15(3)24-25)23-18-9-10-21-19(22-18)13-16-7-6-8-17(12-16)28(4,26)27/h6-10,12H,5,11,13H2,1-4H3,(H,21,22,23). The molecule has 148 valence electrons. The molecule has 1 N–H and O–H groups in total. The van der Waals surface area contributed by atoms with Gasteiger partial charge in [-0.05, 0) is 44.0 Å². The van der Waals surface area contributed by atoms with E-state index < -0.39 is 9.84 Å². The molecule has 0 saturated carbocycles. The maximum absolute atomic E-state index is 11.8. The highest BCUT2D eigenvalue weighted by atomic mass is 32.2. The Labute approximate surface area is 165 Å². The number of nitrogens with one attached hydrogen (secondary N) is 1. The number of hydrogen-bond donors (Lipinski definition) is 1. The van der Waals surface area contributed by atoms with Crippen LogP contribution in [0.1, 0.15) is 36.0 Å². The Balaban J connectivity index is 1.84. The van der Waals surface area contributed by atoms with Gasteiger partial charge in [0.2, 0.25) is 0 Å². The van der Waals surface area contributed by atoms with Crippen LogP contribution in [0.3, 0.4) is 0 Å². The normalized spacial score (nSPS) is 11.6. The van der Waals surface area contributed by atoms with E-state index in [2.05, 4.69) is 27.3 Å². The second-order valence-electron chi connectivity index (χ2n) is 6.86. The van der Waals surface area contributed by atoms with Crippen LogP contribution >= 0.6 is 0 Å². The molecular weight excluding hydrogens is 374 g/mol. The second kappa shape index (κ2) is 8.10. The molecule has 0 fully saturated rings. The molecule has 0 amide bonds. The lowest BCUT2D eigenvalue weighted by molar-refractivity contribution is 0.601. The van der Waals surface area contributed by atoms with E-state index in [4.69, 9.17) is 0 Å². The van der Waals surface area contributed by atoms with E-state index in [1.54, 1.807) is 24.4 Å². The molecule has 0 radical (unpaired) electrons. The van der Waals surface area contributed by atoms with Crippen LogP contribution < -0.4 is 5.32 Å². The molecule has 2 heterocycles. The zero-order valence-corrected chi connectivity index (χ0v) is 17.4. The Bertz CT molecular complexity index is 1090. The van der Waals surface area contributed by atoms with E-state index in [1.807, 2.05) is 30.7 Å². The zero-order chi connectivity index (χ0) is 20.3. The van der Waals surface area contributed by atoms with Crippen LogP contribution in [0.4, 0.5) is 11.6 Å². The molecule has 0 atom stereocenters. The third-order valence-electron chi connectivity index (χ3n) is 4.50. The summed E-state index contributed by atoms with van der Waals surface area (Å²) in [6.07, 6.45) is 4.34. The Morgan fingerprint density at radius 1 is 1.18 bits per heavy atom. The van der Waals surface area contributed by atoms with Gasteiger partial charge in [-0.3, -0.25) is 0 Å². The lowest BCUT2D eigenvalue weighted by Crippen LogP contribution is -2.07. The van der Waals surface area contributed by atoms with Crippen molar-refractivity contribution in [2.24, 2.45) is 0 Å². The van der Waals surface area contributed by atoms with Gasteiger partial charge < -0.3 is 5.32 Å². The summed E-state index contributed by atoms with van der Waals surface area (Å²) in [5.74, 6) is 2.24. The van der Waals surface area contributed by atoms with E-state index >= 15 is 0 Å². The number of hydrogen-bond acceptors (Lipinski definition) is 6. The number of benzene rings is 1. The van der Waals surface area contributed by atoms with Gasteiger partial charge in [0.05, 0.1) is 10.6 Å². The largest absolute Gasteiger partial charge is 0.325 e. The first-order chi connectivity index (χ1) is 13.3. The maximum atomic E-state index is 11.8. The molecule has 3 aromatic rings. The Hall–Kier alpha value is -2.74. The summed E-state index contributed by atoms with van der Waals surface area (Å²) >= 11 is 0. The number of sulfone groups is 1. The predicted molar refractivity (Wildman–Crippen MR) is 110 cm³/mol. The molecule has 1 aromatic carbocycles. The number of aromatic nitrogens is 4. The molecule has 0 bridgehead atoms. The summed E-state index contributed by atoms with van der Waals surface area (Å²) in [6, 6.07) is 8.69. The summed E-state index contributed by atoms with van der Waals surface area (Å²) in [5.41, 5.74) is 2.93. The van der Waals surface area contributed by atoms with Gasteiger partial charge in [0.1, 0.15) is 17.5 Å². The molecule has 3 rings (SSSR count). The van der Waals surface area contributed by atoms with E-state index in [0.29, 0.717) is 23.0 Å². The van der Waals surface area contributed by atoms with Crippen LogP contribution in [0.5, 0.6) is 0 Å². The minimum atomic E-state index is -3.24. The van der Waals surface area contributed by atoms with Crippen molar-refractivity contribution < 1.29 is 8.42 Å². The number of nitrogens with zero attached hydrogens (tertiary/aromatic N) is 4. The molecular formula is C20H25N5O2S. The van der Waals surface area contributed by atoms with Gasteiger partial charge in [-0.2, -0.15) is 5.10 Å². The van der Waals surface area contributed by atoms with Gasteiger partial charge in [-0.1, -0.05) is 19.1 Å². The zero-order valence-electron chi connectivity index (χ0n) is 16.6. The minimum Gasteiger partial charge on any atom is -0.325 e. The minimum absolute atomic E-state index is 0.300. The molecule has 0 saturated heterocycles. The number of anilines is 2. The van der Waals surface area contributed by atoms with Crippen LogP contribution in [-0.4, -0.2) is 34.4 Å². The Kier molecular flexibility index (Phi) is 5.79. The molecule has 28 heavy (non-hydrogen) atoms. The molecule has 0 aliphatic heterocycles. The van der Waals surface area contributed by atoms with Crippen LogP contribution in [-0.2, 0) is 22.8 Å². The molecule has 2 aromatic heterocycles. The van der Waals surface area contributed by atoms with E-state index in [1.165, 1.54) is 6.26 Å². The van der Waals surface area contributed by atoms with Crippen molar-refractivity contribution in [2.75, 3.05) is 11.6 Å². The van der Waals surface area contributed by atoms with Gasteiger partial charge in [-0.15, -0.1) is 0 Å². The van der Waals surface area contributed by atoms with Crippen LogP contribution in [0, 0.1) is 13.8 Å². The number of rotatable bonds is 7. The second-order valence-corrected chi connectivity index (χ2v) is 8.88. The highest BCUT2D eigenvalue weighted by Gasteiger charge is 2.13. The summed E-state index contributed by atoms with van der Waals surface area (Å²) < 4.78 is 25.5. The summed E-state index contributed by atoms with van der Waals surface area (Å²) in [5, 5.41) is 7.93. The lowest BCUT2D eigenvalue weighted by Gasteiger charge is -2.11. The van der Waals surface area contributed by atoms with Gasteiger partial charge >= 0.3 is 0 Å². The van der Waals surface area contributed by atoms with E-state index in [0.717, 1.165) is 35.6 Å². The van der Waals surface area contributed by atoms with E-state index in [9.17, 15) is 8.42 Å². The smallest absolute Gasteiger partial charge is 0.175 e. The van der Waals surface area contributed by atoms with Gasteiger partial charge in [0.25, 0.3) is 0 Å². The van der Waals surface area contributed by atoms with Gasteiger partial charge in [0, 0.05) is 31.0 Å². The highest BCUT2D eigenvalue weighted by Crippen LogP contribution is 2.23. The molecule has 0 unspecified atom stereocenters. The van der Waals surface area contributed by atoms with Crippen molar-refractivity contribution in [2.45, 2.75) is 45.1 Å². The first kappa shape index (κ1) is 20.0. The fourth-order valence-electron chi connectivity index (χ4n) is 2.95. The van der Waals surface area contributed by atoms with Crippen molar-refractivity contribution in [1.29, 1.82) is 0 Å². The lowest BCUT2D eigenvalue weighted by atomic mass is 10.1. The topological polar surface area (TPSA) is 89.8 Å². The van der Waals surface area contributed by atoms with Crippen LogP contribution in [0.2, 0.25) is 0 Å². The van der Waals surface area contributed by atoms with Gasteiger partial charge in [0.15, 0.2) is 9.84 Å².